The maximum absolute atomic E-state index is 11.5. The topological polar surface area (TPSA) is 99.6 Å². The molecule has 1 aliphatic heterocycles. The number of anilines is 1. The molecule has 10 heteroatoms. The molecular formula is C13H19N2NaO5S2. The Hall–Kier alpha value is -0.0300. The van der Waals surface area contributed by atoms with Crippen LogP contribution in [0, 0.1) is 0 Å². The van der Waals surface area contributed by atoms with Gasteiger partial charge in [0.15, 0.2) is 9.84 Å². The van der Waals surface area contributed by atoms with Crippen LogP contribution in [0.25, 0.3) is 0 Å². The van der Waals surface area contributed by atoms with Gasteiger partial charge in [0, 0.05) is 12.8 Å². The first-order valence-corrected chi connectivity index (χ1v) is 10.1. The maximum Gasteiger partial charge on any atom is 1.00 e. The first-order valence-electron chi connectivity index (χ1n) is 6.92. The number of hydrogen-bond acceptors (Lipinski definition) is 7. The van der Waals surface area contributed by atoms with Crippen LogP contribution in [0.3, 0.4) is 0 Å². The molecule has 124 valence electrons. The van der Waals surface area contributed by atoms with Gasteiger partial charge in [0.2, 0.25) is 0 Å². The van der Waals surface area contributed by atoms with E-state index in [1.807, 2.05) is 11.8 Å². The van der Waals surface area contributed by atoms with E-state index in [1.54, 1.807) is 6.07 Å². The van der Waals surface area contributed by atoms with Crippen LogP contribution in [-0.4, -0.2) is 54.2 Å². The number of pyridine rings is 1. The van der Waals surface area contributed by atoms with Crippen LogP contribution in [-0.2, 0) is 31.4 Å². The summed E-state index contributed by atoms with van der Waals surface area (Å²) in [7, 11) is -3.26. The average molecular weight is 370 g/mol. The van der Waals surface area contributed by atoms with Gasteiger partial charge in [-0.1, -0.05) is 6.92 Å². The van der Waals surface area contributed by atoms with Gasteiger partial charge in [0.1, 0.15) is 10.8 Å². The molecular weight excluding hydrogens is 351 g/mol. The molecule has 1 aromatic rings. The minimum Gasteiger partial charge on any atom is -0.767 e. The van der Waals surface area contributed by atoms with E-state index in [0.717, 1.165) is 12.7 Å². The smallest absolute Gasteiger partial charge is 0.767 e. The van der Waals surface area contributed by atoms with Crippen LogP contribution >= 0.6 is 0 Å². The molecule has 1 saturated heterocycles. The number of ether oxygens (including phenoxy) is 1. The third-order valence-electron chi connectivity index (χ3n) is 3.44. The van der Waals surface area contributed by atoms with Crippen LogP contribution in [0.4, 0.5) is 5.82 Å². The fourth-order valence-corrected chi connectivity index (χ4v) is 3.64. The van der Waals surface area contributed by atoms with E-state index in [2.05, 4.69) is 4.98 Å². The number of sulfone groups is 1. The largest absolute Gasteiger partial charge is 1.00 e. The summed E-state index contributed by atoms with van der Waals surface area (Å²) in [6, 6.07) is 3.04. The Kier molecular flexibility index (Phi) is 8.12. The summed E-state index contributed by atoms with van der Waals surface area (Å²) < 4.78 is 50.9. The predicted molar refractivity (Wildman–Crippen MR) is 82.2 cm³/mol. The van der Waals surface area contributed by atoms with E-state index in [0.29, 0.717) is 31.1 Å². The summed E-state index contributed by atoms with van der Waals surface area (Å²) in [5.74, 6) is 0.268. The number of hydrogen-bond donors (Lipinski definition) is 0. The van der Waals surface area contributed by atoms with Gasteiger partial charge in [0.25, 0.3) is 0 Å². The summed E-state index contributed by atoms with van der Waals surface area (Å²) in [5, 5.41) is -0.141. The van der Waals surface area contributed by atoms with Crippen molar-refractivity contribution < 1.29 is 51.5 Å². The van der Waals surface area contributed by atoms with Crippen LogP contribution in [0.2, 0.25) is 0 Å². The second-order valence-corrected chi connectivity index (χ2v) is 8.33. The maximum atomic E-state index is 11.5. The van der Waals surface area contributed by atoms with Crippen molar-refractivity contribution in [3.8, 4) is 0 Å². The molecule has 2 rings (SSSR count). The second-order valence-electron chi connectivity index (χ2n) is 5.31. The Balaban J connectivity index is 0.00000264. The Labute approximate surface area is 161 Å². The summed E-state index contributed by atoms with van der Waals surface area (Å²) >= 11 is -2.51. The van der Waals surface area contributed by atoms with Gasteiger partial charge in [-0.3, -0.25) is 4.21 Å². The minimum atomic E-state index is -3.26. The molecule has 0 spiro atoms. The summed E-state index contributed by atoms with van der Waals surface area (Å²) in [5.41, 5.74) is 0.424. The van der Waals surface area contributed by atoms with Crippen molar-refractivity contribution in [1.29, 1.82) is 0 Å². The van der Waals surface area contributed by atoms with E-state index in [-0.39, 0.29) is 46.4 Å². The van der Waals surface area contributed by atoms with E-state index < -0.39 is 20.9 Å². The zero-order valence-electron chi connectivity index (χ0n) is 13.5. The van der Waals surface area contributed by atoms with Crippen molar-refractivity contribution >= 4 is 26.7 Å². The Morgan fingerprint density at radius 3 is 2.74 bits per heavy atom. The molecule has 0 N–H and O–H groups in total. The molecule has 0 radical (unpaired) electrons. The van der Waals surface area contributed by atoms with Gasteiger partial charge in [0.05, 0.1) is 25.0 Å². The fourth-order valence-electron chi connectivity index (χ4n) is 2.46. The molecule has 0 aliphatic carbocycles. The van der Waals surface area contributed by atoms with Crippen molar-refractivity contribution in [3.63, 3.8) is 0 Å². The monoisotopic (exact) mass is 370 g/mol. The number of morpholine rings is 1. The normalized spacial score (nSPS) is 20.0. The number of nitrogens with zero attached hydrogens (tertiary/aromatic N) is 2. The fraction of sp³-hybridized carbons (Fsp3) is 0.615. The predicted octanol–water partition coefficient (Wildman–Crippen LogP) is -2.52. The average Bonchev–Trinajstić information content (AvgIpc) is 2.45. The Bertz CT molecular complexity index is 668. The van der Waals surface area contributed by atoms with Crippen LogP contribution in [0.1, 0.15) is 18.9 Å². The zero-order chi connectivity index (χ0) is 16.3. The third kappa shape index (κ3) is 6.08. The van der Waals surface area contributed by atoms with Gasteiger partial charge >= 0.3 is 29.6 Å². The Morgan fingerprint density at radius 2 is 2.17 bits per heavy atom. The molecule has 1 aliphatic rings. The molecule has 0 saturated carbocycles. The Morgan fingerprint density at radius 1 is 1.48 bits per heavy atom. The van der Waals surface area contributed by atoms with E-state index in [9.17, 15) is 17.2 Å². The van der Waals surface area contributed by atoms with Gasteiger partial charge in [-0.05, 0) is 35.2 Å². The number of aromatic nitrogens is 1. The van der Waals surface area contributed by atoms with Gasteiger partial charge in [-0.25, -0.2) is 13.4 Å². The van der Waals surface area contributed by atoms with Crippen LogP contribution in [0.15, 0.2) is 17.2 Å². The van der Waals surface area contributed by atoms with Crippen molar-refractivity contribution in [2.75, 3.05) is 30.9 Å². The molecule has 0 amide bonds. The van der Waals surface area contributed by atoms with Crippen molar-refractivity contribution in [2.24, 2.45) is 0 Å². The quantitative estimate of drug-likeness (QED) is 0.417. The van der Waals surface area contributed by atoms with Crippen molar-refractivity contribution in [3.05, 3.63) is 17.7 Å². The van der Waals surface area contributed by atoms with Gasteiger partial charge in [-0.2, -0.15) is 0 Å². The van der Waals surface area contributed by atoms with Gasteiger partial charge < -0.3 is 14.2 Å². The summed E-state index contributed by atoms with van der Waals surface area (Å²) in [6.07, 6.45) is 1.94. The van der Waals surface area contributed by atoms with Crippen molar-refractivity contribution in [1.82, 2.24) is 4.98 Å². The van der Waals surface area contributed by atoms with Crippen molar-refractivity contribution in [2.45, 2.75) is 30.2 Å². The molecule has 1 aromatic heterocycles. The summed E-state index contributed by atoms with van der Waals surface area (Å²) in [4.78, 5) is 6.13. The molecule has 2 heterocycles. The first-order chi connectivity index (χ1) is 10.3. The molecule has 0 bridgehead atoms. The molecule has 0 aromatic carbocycles. The van der Waals surface area contributed by atoms with E-state index in [4.69, 9.17) is 4.74 Å². The standard InChI is InChI=1S/C13H20N2O5S2.Na/c1-3-11-8-20-5-4-15(11)12-6-10(9-22(2,18)19)7-13(14-12)21(16)17;/h6-7,11H,3-5,8-9H2,1-2H3,(H,16,17);/q;+1/p-1/t11-;/m0./s1. The zero-order valence-corrected chi connectivity index (χ0v) is 17.2. The molecule has 1 unspecified atom stereocenters. The minimum absolute atomic E-state index is 0. The first kappa shape index (κ1) is 21.0. The third-order valence-corrected chi connectivity index (χ3v) is 4.85. The molecule has 1 fully saturated rings. The summed E-state index contributed by atoms with van der Waals surface area (Å²) in [6.45, 7) is 3.69. The molecule has 2 atom stereocenters. The molecule has 7 nitrogen and oxygen atoms in total. The van der Waals surface area contributed by atoms with Gasteiger partial charge in [-0.15, -0.1) is 0 Å². The SMILES string of the molecule is CC[C@H]1COCCN1c1cc(CS(C)(=O)=O)cc(S(=O)[O-])n1.[Na+]. The van der Waals surface area contributed by atoms with E-state index in [1.165, 1.54) is 6.07 Å². The van der Waals surface area contributed by atoms with E-state index >= 15 is 0 Å². The number of rotatable bonds is 5. The van der Waals surface area contributed by atoms with Crippen LogP contribution < -0.4 is 34.5 Å². The van der Waals surface area contributed by atoms with Crippen LogP contribution in [0.5, 0.6) is 0 Å². The molecule has 23 heavy (non-hydrogen) atoms. The second kappa shape index (κ2) is 8.89.